The molecule has 14 heavy (non-hydrogen) atoms. The lowest BCUT2D eigenvalue weighted by molar-refractivity contribution is -0.124. The lowest BCUT2D eigenvalue weighted by Crippen LogP contribution is -2.46. The number of carbonyl (C=O) groups is 1. The standard InChI is InChI=1S/C10H18N2O2/c13-10(9-2-1-5-11-9)12-8-3-6-14-7-4-8/h8-9,11H,1-7H2,(H,12,13). The fourth-order valence-electron chi connectivity index (χ4n) is 2.05. The largest absolute Gasteiger partial charge is 0.381 e. The molecular weight excluding hydrogens is 180 g/mol. The van der Waals surface area contributed by atoms with Gasteiger partial charge in [0.1, 0.15) is 0 Å². The minimum Gasteiger partial charge on any atom is -0.381 e. The Morgan fingerprint density at radius 2 is 2.07 bits per heavy atom. The Hall–Kier alpha value is -0.610. The van der Waals surface area contributed by atoms with Crippen molar-refractivity contribution in [1.82, 2.24) is 10.6 Å². The second-order valence-electron chi connectivity index (χ2n) is 4.04. The quantitative estimate of drug-likeness (QED) is 0.658. The summed E-state index contributed by atoms with van der Waals surface area (Å²) in [7, 11) is 0. The topological polar surface area (TPSA) is 50.4 Å². The summed E-state index contributed by atoms with van der Waals surface area (Å²) in [4.78, 5) is 11.7. The van der Waals surface area contributed by atoms with Crippen LogP contribution in [0.4, 0.5) is 0 Å². The maximum absolute atomic E-state index is 11.7. The van der Waals surface area contributed by atoms with Crippen LogP contribution in [0.25, 0.3) is 0 Å². The molecular formula is C10H18N2O2. The molecule has 0 saturated carbocycles. The molecule has 1 unspecified atom stereocenters. The molecule has 2 N–H and O–H groups in total. The van der Waals surface area contributed by atoms with Crippen LogP contribution < -0.4 is 10.6 Å². The average Bonchev–Trinajstić information content (AvgIpc) is 2.72. The van der Waals surface area contributed by atoms with Crippen LogP contribution in [-0.2, 0) is 9.53 Å². The van der Waals surface area contributed by atoms with Crippen molar-refractivity contribution in [2.75, 3.05) is 19.8 Å². The Morgan fingerprint density at radius 3 is 2.71 bits per heavy atom. The maximum atomic E-state index is 11.7. The van der Waals surface area contributed by atoms with Crippen molar-refractivity contribution in [1.29, 1.82) is 0 Å². The fourth-order valence-corrected chi connectivity index (χ4v) is 2.05. The summed E-state index contributed by atoms with van der Waals surface area (Å²) < 4.78 is 5.24. The minimum atomic E-state index is 0.0536. The van der Waals surface area contributed by atoms with Gasteiger partial charge in [-0.25, -0.2) is 0 Å². The predicted molar refractivity (Wildman–Crippen MR) is 53.0 cm³/mol. The highest BCUT2D eigenvalue weighted by Gasteiger charge is 2.24. The van der Waals surface area contributed by atoms with Crippen molar-refractivity contribution >= 4 is 5.91 Å². The zero-order chi connectivity index (χ0) is 9.80. The summed E-state index contributed by atoms with van der Waals surface area (Å²) in [5.74, 6) is 0.175. The summed E-state index contributed by atoms with van der Waals surface area (Å²) in [6.45, 7) is 2.54. The molecule has 1 atom stereocenters. The highest BCUT2D eigenvalue weighted by molar-refractivity contribution is 5.82. The van der Waals surface area contributed by atoms with Crippen molar-refractivity contribution in [2.24, 2.45) is 0 Å². The van der Waals surface area contributed by atoms with Gasteiger partial charge >= 0.3 is 0 Å². The van der Waals surface area contributed by atoms with E-state index in [-0.39, 0.29) is 11.9 Å². The van der Waals surface area contributed by atoms with Crippen LogP contribution in [0.15, 0.2) is 0 Å². The number of hydrogen-bond acceptors (Lipinski definition) is 3. The normalized spacial score (nSPS) is 29.0. The second-order valence-corrected chi connectivity index (χ2v) is 4.04. The molecule has 2 fully saturated rings. The summed E-state index contributed by atoms with van der Waals surface area (Å²) >= 11 is 0. The van der Waals surface area contributed by atoms with Gasteiger partial charge < -0.3 is 15.4 Å². The van der Waals surface area contributed by atoms with Gasteiger partial charge in [0.05, 0.1) is 6.04 Å². The van der Waals surface area contributed by atoms with E-state index in [0.29, 0.717) is 6.04 Å². The van der Waals surface area contributed by atoms with E-state index in [1.807, 2.05) is 0 Å². The molecule has 0 bridgehead atoms. The van der Waals surface area contributed by atoms with Crippen molar-refractivity contribution in [3.05, 3.63) is 0 Å². The summed E-state index contributed by atoms with van der Waals surface area (Å²) in [6.07, 6.45) is 4.01. The smallest absolute Gasteiger partial charge is 0.237 e. The Kier molecular flexibility index (Phi) is 3.37. The van der Waals surface area contributed by atoms with Crippen LogP contribution in [0.2, 0.25) is 0 Å². The van der Waals surface area contributed by atoms with Crippen LogP contribution in [0.3, 0.4) is 0 Å². The molecule has 0 aromatic rings. The lowest BCUT2D eigenvalue weighted by atomic mass is 10.1. The monoisotopic (exact) mass is 198 g/mol. The molecule has 2 aliphatic rings. The molecule has 1 amide bonds. The van der Waals surface area contributed by atoms with Gasteiger partial charge in [0.15, 0.2) is 0 Å². The lowest BCUT2D eigenvalue weighted by Gasteiger charge is -2.24. The van der Waals surface area contributed by atoms with E-state index in [1.54, 1.807) is 0 Å². The van der Waals surface area contributed by atoms with Crippen LogP contribution in [-0.4, -0.2) is 37.7 Å². The van der Waals surface area contributed by atoms with E-state index in [4.69, 9.17) is 4.74 Å². The Balaban J connectivity index is 1.75. The molecule has 0 aromatic carbocycles. The Labute approximate surface area is 84.4 Å². The average molecular weight is 198 g/mol. The predicted octanol–water partition coefficient (Wildman–Crippen LogP) is 0.0336. The number of nitrogens with one attached hydrogen (secondary N) is 2. The molecule has 2 aliphatic heterocycles. The number of amides is 1. The van der Waals surface area contributed by atoms with Crippen molar-refractivity contribution < 1.29 is 9.53 Å². The number of carbonyl (C=O) groups excluding carboxylic acids is 1. The first kappa shape index (κ1) is 9.93. The zero-order valence-electron chi connectivity index (χ0n) is 8.42. The highest BCUT2D eigenvalue weighted by Crippen LogP contribution is 2.09. The fraction of sp³-hybridized carbons (Fsp3) is 0.900. The van der Waals surface area contributed by atoms with E-state index in [0.717, 1.165) is 45.4 Å². The second kappa shape index (κ2) is 4.75. The molecule has 0 aromatic heterocycles. The third kappa shape index (κ3) is 2.45. The van der Waals surface area contributed by atoms with Crippen LogP contribution in [0, 0.1) is 0 Å². The zero-order valence-corrected chi connectivity index (χ0v) is 8.42. The van der Waals surface area contributed by atoms with Gasteiger partial charge in [0, 0.05) is 19.3 Å². The molecule has 0 radical (unpaired) electrons. The van der Waals surface area contributed by atoms with Crippen LogP contribution in [0.1, 0.15) is 25.7 Å². The number of rotatable bonds is 2. The van der Waals surface area contributed by atoms with Crippen LogP contribution >= 0.6 is 0 Å². The van der Waals surface area contributed by atoms with Gasteiger partial charge in [-0.1, -0.05) is 0 Å². The van der Waals surface area contributed by atoms with Gasteiger partial charge in [-0.2, -0.15) is 0 Å². The minimum absolute atomic E-state index is 0.0536. The molecule has 80 valence electrons. The molecule has 2 heterocycles. The van der Waals surface area contributed by atoms with Gasteiger partial charge in [0.25, 0.3) is 0 Å². The molecule has 4 nitrogen and oxygen atoms in total. The van der Waals surface area contributed by atoms with E-state index < -0.39 is 0 Å². The SMILES string of the molecule is O=C(NC1CCOCC1)C1CCCN1. The first-order valence-corrected chi connectivity index (χ1v) is 5.48. The van der Waals surface area contributed by atoms with Crippen LogP contribution in [0.5, 0.6) is 0 Å². The van der Waals surface area contributed by atoms with E-state index in [1.165, 1.54) is 0 Å². The first-order chi connectivity index (χ1) is 6.86. The van der Waals surface area contributed by atoms with Crippen molar-refractivity contribution in [3.63, 3.8) is 0 Å². The van der Waals surface area contributed by atoms with Gasteiger partial charge in [-0.05, 0) is 32.2 Å². The third-order valence-electron chi connectivity index (χ3n) is 2.94. The van der Waals surface area contributed by atoms with Gasteiger partial charge in [0.2, 0.25) is 5.91 Å². The van der Waals surface area contributed by atoms with E-state index >= 15 is 0 Å². The molecule has 0 aliphatic carbocycles. The Morgan fingerprint density at radius 1 is 1.29 bits per heavy atom. The number of ether oxygens (including phenoxy) is 1. The third-order valence-corrected chi connectivity index (χ3v) is 2.94. The van der Waals surface area contributed by atoms with Gasteiger partial charge in [-0.3, -0.25) is 4.79 Å². The summed E-state index contributed by atoms with van der Waals surface area (Å²) in [6, 6.07) is 0.386. The maximum Gasteiger partial charge on any atom is 0.237 e. The van der Waals surface area contributed by atoms with Crippen molar-refractivity contribution in [2.45, 2.75) is 37.8 Å². The Bertz CT molecular complexity index is 196. The van der Waals surface area contributed by atoms with E-state index in [2.05, 4.69) is 10.6 Å². The first-order valence-electron chi connectivity index (χ1n) is 5.48. The summed E-state index contributed by atoms with van der Waals surface area (Å²) in [5.41, 5.74) is 0. The molecule has 2 saturated heterocycles. The molecule has 4 heteroatoms. The summed E-state index contributed by atoms with van der Waals surface area (Å²) in [5, 5.41) is 6.28. The highest BCUT2D eigenvalue weighted by atomic mass is 16.5. The molecule has 2 rings (SSSR count). The van der Waals surface area contributed by atoms with Crippen molar-refractivity contribution in [3.8, 4) is 0 Å². The van der Waals surface area contributed by atoms with E-state index in [9.17, 15) is 4.79 Å². The number of hydrogen-bond donors (Lipinski definition) is 2. The molecule has 0 spiro atoms. The van der Waals surface area contributed by atoms with Gasteiger partial charge in [-0.15, -0.1) is 0 Å².